The van der Waals surface area contributed by atoms with E-state index in [1.165, 1.54) is 13.4 Å². The summed E-state index contributed by atoms with van der Waals surface area (Å²) < 4.78 is 35.0. The second-order valence-electron chi connectivity index (χ2n) is 6.60. The van der Waals surface area contributed by atoms with Crippen molar-refractivity contribution >= 4 is 5.91 Å². The predicted octanol–water partition coefficient (Wildman–Crippen LogP) is 1.42. The number of methoxy groups -OCH3 is 1. The fourth-order valence-corrected chi connectivity index (χ4v) is 3.66. The fourth-order valence-electron chi connectivity index (χ4n) is 3.66. The van der Waals surface area contributed by atoms with Gasteiger partial charge >= 0.3 is 5.92 Å². The third kappa shape index (κ3) is 2.79. The van der Waals surface area contributed by atoms with E-state index in [0.717, 1.165) is 11.3 Å². The maximum absolute atomic E-state index is 14.9. The number of carbonyl (C=O) groups is 1. The number of ether oxygens (including phenoxy) is 1. The highest BCUT2D eigenvalue weighted by molar-refractivity contribution is 5.85. The van der Waals surface area contributed by atoms with Gasteiger partial charge in [0, 0.05) is 20.1 Å². The van der Waals surface area contributed by atoms with Gasteiger partial charge in [-0.2, -0.15) is 13.9 Å². The van der Waals surface area contributed by atoms with Crippen molar-refractivity contribution in [3.8, 4) is 0 Å². The summed E-state index contributed by atoms with van der Waals surface area (Å²) in [5.74, 6) is -4.86. The van der Waals surface area contributed by atoms with E-state index < -0.39 is 23.5 Å². The van der Waals surface area contributed by atoms with E-state index in [4.69, 9.17) is 4.74 Å². The van der Waals surface area contributed by atoms with Gasteiger partial charge in [-0.25, -0.2) is 4.98 Å². The van der Waals surface area contributed by atoms with Crippen molar-refractivity contribution in [1.82, 2.24) is 20.1 Å². The summed E-state index contributed by atoms with van der Waals surface area (Å²) in [4.78, 5) is 17.7. The molecule has 9 heteroatoms. The maximum Gasteiger partial charge on any atom is 0.352 e. The lowest BCUT2D eigenvalue weighted by Gasteiger charge is -2.40. The standard InChI is InChI=1S/C15H22F2N4O3/c1-24-10-7-11(12-18-9-19-20-12)21(8-10)13(22)15(16,17)14(23)5-3-2-4-6-14/h9-11,23H,2-8H2,1H3,(H,18,19,20)/t10-,11+/m1/s1. The number of nitrogens with one attached hydrogen (secondary N) is 1. The topological polar surface area (TPSA) is 91.3 Å². The molecule has 2 atom stereocenters. The predicted molar refractivity (Wildman–Crippen MR) is 79.2 cm³/mol. The fraction of sp³-hybridized carbons (Fsp3) is 0.800. The number of rotatable bonds is 4. The van der Waals surface area contributed by atoms with Crippen molar-refractivity contribution in [3.63, 3.8) is 0 Å². The van der Waals surface area contributed by atoms with Gasteiger partial charge in [0.15, 0.2) is 0 Å². The molecule has 1 aliphatic heterocycles. The van der Waals surface area contributed by atoms with Gasteiger partial charge in [0.25, 0.3) is 5.91 Å². The molecular formula is C15H22F2N4O3. The number of alkyl halides is 2. The molecule has 1 aromatic heterocycles. The van der Waals surface area contributed by atoms with E-state index in [-0.39, 0.29) is 25.5 Å². The molecule has 0 spiro atoms. The number of aromatic amines is 1. The second-order valence-corrected chi connectivity index (χ2v) is 6.60. The van der Waals surface area contributed by atoms with Crippen LogP contribution in [0.25, 0.3) is 0 Å². The average Bonchev–Trinajstić information content (AvgIpc) is 3.23. The SMILES string of the molecule is CO[C@@H]1C[C@@H](c2ncn[nH]2)N(C(=O)C(F)(F)C2(O)CCCCC2)C1. The zero-order chi connectivity index (χ0) is 17.4. The van der Waals surface area contributed by atoms with E-state index >= 15 is 0 Å². The molecule has 2 aliphatic rings. The number of halogens is 2. The molecular weight excluding hydrogens is 322 g/mol. The van der Waals surface area contributed by atoms with Crippen LogP contribution in [0.2, 0.25) is 0 Å². The van der Waals surface area contributed by atoms with E-state index in [9.17, 15) is 18.7 Å². The van der Waals surface area contributed by atoms with Gasteiger partial charge in [0.1, 0.15) is 17.8 Å². The molecule has 1 aromatic rings. The number of nitrogens with zero attached hydrogens (tertiary/aromatic N) is 3. The summed E-state index contributed by atoms with van der Waals surface area (Å²) in [5.41, 5.74) is -2.28. The first-order valence-electron chi connectivity index (χ1n) is 8.18. The molecule has 7 nitrogen and oxygen atoms in total. The Balaban J connectivity index is 1.86. The largest absolute Gasteiger partial charge is 0.383 e. The quantitative estimate of drug-likeness (QED) is 0.862. The number of hydrogen-bond donors (Lipinski definition) is 2. The molecule has 2 heterocycles. The van der Waals surface area contributed by atoms with Crippen molar-refractivity contribution < 1.29 is 23.4 Å². The van der Waals surface area contributed by atoms with Gasteiger partial charge in [-0.3, -0.25) is 9.89 Å². The van der Waals surface area contributed by atoms with Gasteiger partial charge in [0.05, 0.1) is 12.1 Å². The Morgan fingerprint density at radius 3 is 2.75 bits per heavy atom. The second kappa shape index (κ2) is 6.36. The zero-order valence-electron chi connectivity index (χ0n) is 13.5. The summed E-state index contributed by atoms with van der Waals surface area (Å²) in [7, 11) is 1.48. The lowest BCUT2D eigenvalue weighted by Crippen LogP contribution is -2.58. The Labute approximate surface area is 138 Å². The van der Waals surface area contributed by atoms with Crippen molar-refractivity contribution in [1.29, 1.82) is 0 Å². The van der Waals surface area contributed by atoms with Gasteiger partial charge in [0.2, 0.25) is 0 Å². The first-order chi connectivity index (χ1) is 11.4. The lowest BCUT2D eigenvalue weighted by atomic mass is 9.79. The van der Waals surface area contributed by atoms with E-state index in [2.05, 4.69) is 15.2 Å². The first kappa shape index (κ1) is 17.2. The first-order valence-corrected chi connectivity index (χ1v) is 8.18. The van der Waals surface area contributed by atoms with Crippen molar-refractivity contribution in [3.05, 3.63) is 12.2 Å². The molecule has 1 saturated carbocycles. The van der Waals surface area contributed by atoms with E-state index in [1.54, 1.807) is 0 Å². The van der Waals surface area contributed by atoms with Crippen LogP contribution >= 0.6 is 0 Å². The van der Waals surface area contributed by atoms with Gasteiger partial charge in [-0.05, 0) is 12.8 Å². The number of carbonyl (C=O) groups excluding carboxylic acids is 1. The number of hydrogen-bond acceptors (Lipinski definition) is 5. The Morgan fingerprint density at radius 1 is 1.46 bits per heavy atom. The van der Waals surface area contributed by atoms with Crippen molar-refractivity contribution in [2.45, 2.75) is 62.2 Å². The normalized spacial score (nSPS) is 27.4. The number of H-pyrrole nitrogens is 1. The van der Waals surface area contributed by atoms with Crippen LogP contribution < -0.4 is 0 Å². The highest BCUT2D eigenvalue weighted by atomic mass is 19.3. The number of aromatic nitrogens is 3. The Kier molecular flexibility index (Phi) is 4.56. The van der Waals surface area contributed by atoms with Gasteiger partial charge < -0.3 is 14.7 Å². The Bertz CT molecular complexity index is 575. The molecule has 2 fully saturated rings. The molecule has 0 aromatic carbocycles. The average molecular weight is 344 g/mol. The Morgan fingerprint density at radius 2 is 2.17 bits per heavy atom. The van der Waals surface area contributed by atoms with Gasteiger partial charge in [-0.1, -0.05) is 19.3 Å². The van der Waals surface area contributed by atoms with Gasteiger partial charge in [-0.15, -0.1) is 0 Å². The molecule has 0 unspecified atom stereocenters. The van der Waals surface area contributed by atoms with Crippen LogP contribution in [0.5, 0.6) is 0 Å². The molecule has 0 bridgehead atoms. The minimum Gasteiger partial charge on any atom is -0.383 e. The summed E-state index contributed by atoms with van der Waals surface area (Å²) in [6.45, 7) is 0.0341. The van der Waals surface area contributed by atoms with Crippen LogP contribution in [0.3, 0.4) is 0 Å². The summed E-state index contributed by atoms with van der Waals surface area (Å²) in [5, 5.41) is 16.8. The zero-order valence-corrected chi connectivity index (χ0v) is 13.5. The summed E-state index contributed by atoms with van der Waals surface area (Å²) in [6.07, 6.45) is 2.90. The molecule has 3 rings (SSSR count). The van der Waals surface area contributed by atoms with Crippen LogP contribution in [-0.2, 0) is 9.53 Å². The molecule has 24 heavy (non-hydrogen) atoms. The van der Waals surface area contributed by atoms with Crippen LogP contribution in [0.1, 0.15) is 50.4 Å². The third-order valence-electron chi connectivity index (χ3n) is 5.14. The van der Waals surface area contributed by atoms with Crippen molar-refractivity contribution in [2.24, 2.45) is 0 Å². The molecule has 134 valence electrons. The highest BCUT2D eigenvalue weighted by Gasteiger charge is 2.61. The maximum atomic E-state index is 14.9. The number of likely N-dealkylation sites (tertiary alicyclic amines) is 1. The van der Waals surface area contributed by atoms with E-state index in [0.29, 0.717) is 25.1 Å². The minimum atomic E-state index is -3.84. The molecule has 1 aliphatic carbocycles. The third-order valence-corrected chi connectivity index (χ3v) is 5.14. The van der Waals surface area contributed by atoms with Crippen LogP contribution in [0, 0.1) is 0 Å². The van der Waals surface area contributed by atoms with E-state index in [1.807, 2.05) is 0 Å². The van der Waals surface area contributed by atoms with Crippen LogP contribution in [0.4, 0.5) is 8.78 Å². The van der Waals surface area contributed by atoms with Crippen LogP contribution in [0.15, 0.2) is 6.33 Å². The number of aliphatic hydroxyl groups is 1. The Hall–Kier alpha value is -1.61. The van der Waals surface area contributed by atoms with Crippen molar-refractivity contribution in [2.75, 3.05) is 13.7 Å². The molecule has 0 radical (unpaired) electrons. The number of amides is 1. The smallest absolute Gasteiger partial charge is 0.352 e. The minimum absolute atomic E-state index is 0.0341. The lowest BCUT2D eigenvalue weighted by molar-refractivity contribution is -0.211. The molecule has 2 N–H and O–H groups in total. The van der Waals surface area contributed by atoms with Crippen LogP contribution in [-0.4, -0.2) is 62.4 Å². The summed E-state index contributed by atoms with van der Waals surface area (Å²) in [6, 6.07) is -0.664. The molecule has 1 amide bonds. The molecule has 1 saturated heterocycles. The summed E-state index contributed by atoms with van der Waals surface area (Å²) >= 11 is 0. The highest BCUT2D eigenvalue weighted by Crippen LogP contribution is 2.44. The monoisotopic (exact) mass is 344 g/mol.